The number of anilines is 1. The van der Waals surface area contributed by atoms with Crippen LogP contribution in [0.3, 0.4) is 0 Å². The summed E-state index contributed by atoms with van der Waals surface area (Å²) in [6.45, 7) is 5.48. The molecule has 0 aliphatic carbocycles. The first-order valence-electron chi connectivity index (χ1n) is 11.0. The van der Waals surface area contributed by atoms with Crippen LogP contribution in [0, 0.1) is 13.8 Å². The number of hydrogen-bond donors (Lipinski definition) is 1. The summed E-state index contributed by atoms with van der Waals surface area (Å²) in [6.07, 6.45) is -1.02. The highest BCUT2D eigenvalue weighted by Crippen LogP contribution is 2.38. The summed E-state index contributed by atoms with van der Waals surface area (Å²) in [5.74, 6) is 0.603. The zero-order valence-corrected chi connectivity index (χ0v) is 20.4. The van der Waals surface area contributed by atoms with E-state index in [1.165, 1.54) is 4.31 Å². The molecule has 7 nitrogen and oxygen atoms in total. The van der Waals surface area contributed by atoms with Gasteiger partial charge in [-0.2, -0.15) is 0 Å². The van der Waals surface area contributed by atoms with Crippen molar-refractivity contribution in [2.24, 2.45) is 0 Å². The van der Waals surface area contributed by atoms with Crippen molar-refractivity contribution in [2.45, 2.75) is 37.8 Å². The van der Waals surface area contributed by atoms with Gasteiger partial charge in [-0.1, -0.05) is 42.0 Å². The van der Waals surface area contributed by atoms with E-state index in [0.717, 1.165) is 16.7 Å². The van der Waals surface area contributed by atoms with Gasteiger partial charge in [-0.15, -0.1) is 0 Å². The number of nitrogens with one attached hydrogen (secondary N) is 1. The number of rotatable bonds is 6. The zero-order valence-electron chi connectivity index (χ0n) is 19.6. The van der Waals surface area contributed by atoms with Gasteiger partial charge >= 0.3 is 0 Å². The number of hydrogen-bond acceptors (Lipinski definition) is 5. The minimum Gasteiger partial charge on any atom is -0.496 e. The molecule has 2 atom stereocenters. The topological polar surface area (TPSA) is 84.9 Å². The fourth-order valence-corrected chi connectivity index (χ4v) is 5.45. The molecule has 0 spiro atoms. The standard InChI is InChI=1S/C26H28N2O5S/c1-17-9-12-20(13-10-17)34(30,31)28-16-25(33-24-15-18(2)11-14-22(24)28)26(29)27-19(3)21-7-5-6-8-23(21)32-4/h5-15,19,25H,16H2,1-4H3,(H,27,29)/t19-,25+/m1/s1. The highest BCUT2D eigenvalue weighted by Gasteiger charge is 2.38. The molecule has 1 N–H and O–H groups in total. The summed E-state index contributed by atoms with van der Waals surface area (Å²) in [5, 5.41) is 2.94. The smallest absolute Gasteiger partial charge is 0.264 e. The number of aryl methyl sites for hydroxylation is 2. The average Bonchev–Trinajstić information content (AvgIpc) is 2.83. The molecule has 4 rings (SSSR count). The maximum atomic E-state index is 13.6. The maximum Gasteiger partial charge on any atom is 0.264 e. The van der Waals surface area contributed by atoms with Crippen LogP contribution in [-0.4, -0.2) is 34.1 Å². The van der Waals surface area contributed by atoms with Crippen molar-refractivity contribution < 1.29 is 22.7 Å². The molecule has 0 bridgehead atoms. The third kappa shape index (κ3) is 4.59. The van der Waals surface area contributed by atoms with E-state index in [4.69, 9.17) is 9.47 Å². The van der Waals surface area contributed by atoms with Gasteiger partial charge in [0.2, 0.25) is 0 Å². The molecular weight excluding hydrogens is 452 g/mol. The molecule has 1 aliphatic heterocycles. The van der Waals surface area contributed by atoms with Crippen LogP contribution in [0.1, 0.15) is 29.7 Å². The van der Waals surface area contributed by atoms with E-state index in [0.29, 0.717) is 17.2 Å². The number of benzene rings is 3. The highest BCUT2D eigenvalue weighted by atomic mass is 32.2. The molecule has 1 heterocycles. The van der Waals surface area contributed by atoms with Gasteiger partial charge in [0.25, 0.3) is 15.9 Å². The highest BCUT2D eigenvalue weighted by molar-refractivity contribution is 7.92. The molecule has 0 radical (unpaired) electrons. The fourth-order valence-electron chi connectivity index (χ4n) is 3.97. The Labute approximate surface area is 200 Å². The van der Waals surface area contributed by atoms with Crippen LogP contribution in [0.5, 0.6) is 11.5 Å². The lowest BCUT2D eigenvalue weighted by atomic mass is 10.1. The number of nitrogens with zero attached hydrogens (tertiary/aromatic N) is 1. The first kappa shape index (κ1) is 23.6. The van der Waals surface area contributed by atoms with Crippen molar-refractivity contribution in [2.75, 3.05) is 18.0 Å². The molecule has 178 valence electrons. The number of para-hydroxylation sites is 1. The molecule has 1 amide bonds. The number of amides is 1. The Balaban J connectivity index is 1.65. The number of sulfonamides is 1. The normalized spacial score (nSPS) is 16.2. The van der Waals surface area contributed by atoms with Gasteiger partial charge in [-0.05, 0) is 56.7 Å². The minimum absolute atomic E-state index is 0.142. The van der Waals surface area contributed by atoms with Gasteiger partial charge in [0, 0.05) is 5.56 Å². The fraction of sp³-hybridized carbons (Fsp3) is 0.269. The molecular formula is C26H28N2O5S. The van der Waals surface area contributed by atoms with Crippen molar-refractivity contribution in [3.05, 3.63) is 83.4 Å². The molecule has 0 saturated carbocycles. The zero-order chi connectivity index (χ0) is 24.5. The van der Waals surface area contributed by atoms with Crippen molar-refractivity contribution in [1.29, 1.82) is 0 Å². The van der Waals surface area contributed by atoms with Gasteiger partial charge in [0.15, 0.2) is 6.10 Å². The summed E-state index contributed by atoms with van der Waals surface area (Å²) in [5.41, 5.74) is 3.08. The quantitative estimate of drug-likeness (QED) is 0.573. The van der Waals surface area contributed by atoms with E-state index in [9.17, 15) is 13.2 Å². The lowest BCUT2D eigenvalue weighted by Gasteiger charge is -2.35. The van der Waals surface area contributed by atoms with Crippen molar-refractivity contribution in [3.63, 3.8) is 0 Å². The Morgan fingerprint density at radius 1 is 1.06 bits per heavy atom. The van der Waals surface area contributed by atoms with Gasteiger partial charge in [0.05, 0.1) is 30.3 Å². The Morgan fingerprint density at radius 2 is 1.74 bits per heavy atom. The predicted molar refractivity (Wildman–Crippen MR) is 131 cm³/mol. The number of methoxy groups -OCH3 is 1. The van der Waals surface area contributed by atoms with Crippen LogP contribution in [0.2, 0.25) is 0 Å². The SMILES string of the molecule is COc1ccccc1[C@@H](C)NC(=O)[C@@H]1CN(S(=O)(=O)c2ccc(C)cc2)c2ccc(C)cc2O1. The minimum atomic E-state index is -3.91. The number of ether oxygens (including phenoxy) is 2. The second-order valence-electron chi connectivity index (χ2n) is 8.40. The molecule has 0 saturated heterocycles. The van der Waals surface area contributed by atoms with Gasteiger partial charge in [-0.25, -0.2) is 8.42 Å². The first-order valence-corrected chi connectivity index (χ1v) is 12.4. The predicted octanol–water partition coefficient (Wildman–Crippen LogP) is 4.15. The third-order valence-electron chi connectivity index (χ3n) is 5.85. The summed E-state index contributed by atoms with van der Waals surface area (Å²) in [6, 6.07) is 19.0. The lowest BCUT2D eigenvalue weighted by Crippen LogP contribution is -2.51. The molecule has 0 fully saturated rings. The lowest BCUT2D eigenvalue weighted by molar-refractivity contribution is -0.128. The van der Waals surface area contributed by atoms with E-state index in [1.54, 1.807) is 43.5 Å². The molecule has 3 aromatic rings. The van der Waals surface area contributed by atoms with E-state index in [1.807, 2.05) is 51.1 Å². The van der Waals surface area contributed by atoms with Crippen molar-refractivity contribution >= 4 is 21.6 Å². The molecule has 34 heavy (non-hydrogen) atoms. The third-order valence-corrected chi connectivity index (χ3v) is 7.64. The van der Waals surface area contributed by atoms with E-state index >= 15 is 0 Å². The van der Waals surface area contributed by atoms with Crippen molar-refractivity contribution in [1.82, 2.24) is 5.32 Å². The van der Waals surface area contributed by atoms with Crippen LogP contribution in [0.15, 0.2) is 71.6 Å². The summed E-state index contributed by atoms with van der Waals surface area (Å²) in [7, 11) is -2.34. The largest absolute Gasteiger partial charge is 0.496 e. The van der Waals surface area contributed by atoms with Crippen molar-refractivity contribution in [3.8, 4) is 11.5 Å². The number of carbonyl (C=O) groups excluding carboxylic acids is 1. The second-order valence-corrected chi connectivity index (χ2v) is 10.3. The second kappa shape index (κ2) is 9.38. The Morgan fingerprint density at radius 3 is 2.44 bits per heavy atom. The summed E-state index contributed by atoms with van der Waals surface area (Å²) >= 11 is 0. The molecule has 1 aliphatic rings. The maximum absolute atomic E-state index is 13.6. The molecule has 8 heteroatoms. The van der Waals surface area contributed by atoms with E-state index < -0.39 is 22.0 Å². The van der Waals surface area contributed by atoms with Crippen LogP contribution in [0.4, 0.5) is 5.69 Å². The van der Waals surface area contributed by atoms with Crippen LogP contribution >= 0.6 is 0 Å². The average molecular weight is 481 g/mol. The molecule has 3 aromatic carbocycles. The molecule has 0 aromatic heterocycles. The van der Waals surface area contributed by atoms with Crippen LogP contribution < -0.4 is 19.1 Å². The monoisotopic (exact) mass is 480 g/mol. The molecule has 0 unspecified atom stereocenters. The first-order chi connectivity index (χ1) is 16.2. The van der Waals surface area contributed by atoms with Crippen LogP contribution in [-0.2, 0) is 14.8 Å². The summed E-state index contributed by atoms with van der Waals surface area (Å²) < 4.78 is 39.8. The van der Waals surface area contributed by atoms with E-state index in [-0.39, 0.29) is 17.5 Å². The van der Waals surface area contributed by atoms with Crippen LogP contribution in [0.25, 0.3) is 0 Å². The van der Waals surface area contributed by atoms with E-state index in [2.05, 4.69) is 5.32 Å². The van der Waals surface area contributed by atoms with Gasteiger partial charge in [0.1, 0.15) is 11.5 Å². The number of fused-ring (bicyclic) bond motifs is 1. The summed E-state index contributed by atoms with van der Waals surface area (Å²) in [4.78, 5) is 13.4. The van der Waals surface area contributed by atoms with Gasteiger partial charge < -0.3 is 14.8 Å². The Hall–Kier alpha value is -3.52. The Kier molecular flexibility index (Phi) is 6.52. The number of carbonyl (C=O) groups is 1. The van der Waals surface area contributed by atoms with Gasteiger partial charge in [-0.3, -0.25) is 9.10 Å². The Bertz CT molecular complexity index is 1310.